The lowest BCUT2D eigenvalue weighted by Crippen LogP contribution is -2.31. The summed E-state index contributed by atoms with van der Waals surface area (Å²) in [5.41, 5.74) is 11.7. The number of nitrogen functional groups attached to an aromatic ring is 2. The van der Waals surface area contributed by atoms with Gasteiger partial charge in [-0.1, -0.05) is 0 Å². The van der Waals surface area contributed by atoms with Crippen molar-refractivity contribution in [2.24, 2.45) is 7.05 Å². The first kappa shape index (κ1) is 5.88. The highest BCUT2D eigenvalue weighted by molar-refractivity contribution is 5.36. The fourth-order valence-electron chi connectivity index (χ4n) is 0.640. The summed E-state index contributed by atoms with van der Waals surface area (Å²) in [6, 6.07) is 3.55. The molecule has 0 atom stereocenters. The third-order valence-corrected chi connectivity index (χ3v) is 1.20. The lowest BCUT2D eigenvalue weighted by Gasteiger charge is -1.94. The Morgan fingerprint density at radius 3 is 2.44 bits per heavy atom. The Hall–Kier alpha value is -1.25. The number of pyridine rings is 1. The molecule has 0 saturated heterocycles. The summed E-state index contributed by atoms with van der Waals surface area (Å²) in [4.78, 5) is 0. The molecular formula is C6H10N3+. The molecule has 9 heavy (non-hydrogen) atoms. The second-order valence-electron chi connectivity index (χ2n) is 2.00. The molecule has 0 aromatic carbocycles. The average Bonchev–Trinajstić information content (AvgIpc) is 1.80. The first-order valence-corrected chi connectivity index (χ1v) is 2.71. The van der Waals surface area contributed by atoms with Crippen LogP contribution in [0.2, 0.25) is 0 Å². The Balaban J connectivity index is 3.17. The van der Waals surface area contributed by atoms with Crippen LogP contribution in [0.25, 0.3) is 0 Å². The molecule has 0 saturated carbocycles. The zero-order valence-corrected chi connectivity index (χ0v) is 5.33. The Labute approximate surface area is 53.9 Å². The number of aryl methyl sites for hydroxylation is 1. The summed E-state index contributed by atoms with van der Waals surface area (Å²) in [6.45, 7) is 0. The minimum absolute atomic E-state index is 0.712. The molecule has 3 nitrogen and oxygen atoms in total. The van der Waals surface area contributed by atoms with E-state index in [1.54, 1.807) is 22.9 Å². The van der Waals surface area contributed by atoms with Crippen LogP contribution in [0.1, 0.15) is 0 Å². The first-order valence-electron chi connectivity index (χ1n) is 2.71. The Morgan fingerprint density at radius 2 is 2.00 bits per heavy atom. The van der Waals surface area contributed by atoms with Crippen molar-refractivity contribution in [2.45, 2.75) is 0 Å². The predicted octanol–water partition coefficient (Wildman–Crippen LogP) is -0.325. The number of aromatic nitrogens is 1. The first-order chi connectivity index (χ1) is 4.20. The van der Waals surface area contributed by atoms with Gasteiger partial charge in [0, 0.05) is 6.07 Å². The van der Waals surface area contributed by atoms with Crippen molar-refractivity contribution in [3.63, 3.8) is 0 Å². The Bertz CT molecular complexity index is 220. The van der Waals surface area contributed by atoms with Gasteiger partial charge < -0.3 is 5.73 Å². The fourth-order valence-corrected chi connectivity index (χ4v) is 0.640. The summed E-state index contributed by atoms with van der Waals surface area (Å²) in [6.07, 6.45) is 1.77. The van der Waals surface area contributed by atoms with Crippen LogP contribution in [0, 0.1) is 0 Å². The number of nitrogens with two attached hydrogens (primary N) is 2. The van der Waals surface area contributed by atoms with E-state index in [0.29, 0.717) is 5.82 Å². The third-order valence-electron chi connectivity index (χ3n) is 1.20. The molecule has 0 amide bonds. The monoisotopic (exact) mass is 124 g/mol. The molecule has 1 heterocycles. The highest BCUT2D eigenvalue weighted by Gasteiger charge is 1.95. The number of hydrogen-bond donors (Lipinski definition) is 2. The van der Waals surface area contributed by atoms with Crippen molar-refractivity contribution in [1.29, 1.82) is 0 Å². The van der Waals surface area contributed by atoms with Crippen molar-refractivity contribution in [2.75, 3.05) is 11.5 Å². The summed E-state index contributed by atoms with van der Waals surface area (Å²) in [5.74, 6) is 0.712. The highest BCUT2D eigenvalue weighted by atomic mass is 15.0. The molecule has 3 heteroatoms. The topological polar surface area (TPSA) is 55.9 Å². The maximum absolute atomic E-state index is 5.50. The average molecular weight is 124 g/mol. The van der Waals surface area contributed by atoms with Crippen LogP contribution in [0.3, 0.4) is 0 Å². The van der Waals surface area contributed by atoms with E-state index in [2.05, 4.69) is 0 Å². The smallest absolute Gasteiger partial charge is 0.272 e. The van der Waals surface area contributed by atoms with E-state index in [0.717, 1.165) is 5.69 Å². The number of rotatable bonds is 0. The molecule has 0 aliphatic carbocycles. The summed E-state index contributed by atoms with van der Waals surface area (Å²) in [7, 11) is 1.85. The Morgan fingerprint density at radius 1 is 1.33 bits per heavy atom. The Kier molecular flexibility index (Phi) is 1.26. The summed E-state index contributed by atoms with van der Waals surface area (Å²) < 4.78 is 1.77. The van der Waals surface area contributed by atoms with Crippen LogP contribution >= 0.6 is 0 Å². The number of anilines is 2. The largest absolute Gasteiger partial charge is 0.396 e. The van der Waals surface area contributed by atoms with E-state index in [1.165, 1.54) is 0 Å². The minimum Gasteiger partial charge on any atom is -0.396 e. The van der Waals surface area contributed by atoms with E-state index < -0.39 is 0 Å². The summed E-state index contributed by atoms with van der Waals surface area (Å²) in [5, 5.41) is 0. The second kappa shape index (κ2) is 1.93. The van der Waals surface area contributed by atoms with E-state index in [-0.39, 0.29) is 0 Å². The van der Waals surface area contributed by atoms with Gasteiger partial charge in [-0.2, -0.15) is 0 Å². The predicted molar refractivity (Wildman–Crippen MR) is 36.4 cm³/mol. The van der Waals surface area contributed by atoms with Gasteiger partial charge in [-0.15, -0.1) is 0 Å². The van der Waals surface area contributed by atoms with Crippen molar-refractivity contribution in [3.8, 4) is 0 Å². The van der Waals surface area contributed by atoms with Gasteiger partial charge in [0.05, 0.1) is 12.7 Å². The molecule has 0 aliphatic rings. The molecule has 0 bridgehead atoms. The van der Waals surface area contributed by atoms with Crippen LogP contribution in [-0.2, 0) is 7.05 Å². The normalized spacial score (nSPS) is 9.44. The van der Waals surface area contributed by atoms with Gasteiger partial charge in [-0.25, -0.2) is 4.57 Å². The molecule has 1 rings (SSSR count). The highest BCUT2D eigenvalue weighted by Crippen LogP contribution is 1.97. The van der Waals surface area contributed by atoms with Gasteiger partial charge in [-0.05, 0) is 6.07 Å². The zero-order valence-electron chi connectivity index (χ0n) is 5.33. The lowest BCUT2D eigenvalue weighted by atomic mass is 10.4. The van der Waals surface area contributed by atoms with Gasteiger partial charge in [0.25, 0.3) is 5.82 Å². The zero-order chi connectivity index (χ0) is 6.85. The van der Waals surface area contributed by atoms with Crippen LogP contribution < -0.4 is 16.0 Å². The summed E-state index contributed by atoms with van der Waals surface area (Å²) >= 11 is 0. The van der Waals surface area contributed by atoms with Crippen molar-refractivity contribution >= 4 is 11.5 Å². The third kappa shape index (κ3) is 1.10. The van der Waals surface area contributed by atoms with E-state index in [4.69, 9.17) is 11.5 Å². The molecule has 48 valence electrons. The van der Waals surface area contributed by atoms with E-state index >= 15 is 0 Å². The van der Waals surface area contributed by atoms with Crippen LogP contribution in [0.15, 0.2) is 18.3 Å². The van der Waals surface area contributed by atoms with E-state index in [1.807, 2.05) is 7.05 Å². The minimum atomic E-state index is 0.712. The van der Waals surface area contributed by atoms with E-state index in [9.17, 15) is 0 Å². The fraction of sp³-hybridized carbons (Fsp3) is 0.167. The van der Waals surface area contributed by atoms with Crippen molar-refractivity contribution < 1.29 is 4.57 Å². The molecule has 0 spiro atoms. The van der Waals surface area contributed by atoms with Gasteiger partial charge in [0.15, 0.2) is 0 Å². The quantitative estimate of drug-likeness (QED) is 0.465. The van der Waals surface area contributed by atoms with Gasteiger partial charge in [0.1, 0.15) is 6.20 Å². The number of hydrogen-bond acceptors (Lipinski definition) is 2. The van der Waals surface area contributed by atoms with Crippen LogP contribution in [0.5, 0.6) is 0 Å². The number of nitrogens with zero attached hydrogens (tertiary/aromatic N) is 1. The second-order valence-corrected chi connectivity index (χ2v) is 2.00. The molecule has 1 aromatic rings. The van der Waals surface area contributed by atoms with Crippen LogP contribution in [0.4, 0.5) is 11.5 Å². The van der Waals surface area contributed by atoms with Crippen molar-refractivity contribution in [3.05, 3.63) is 18.3 Å². The van der Waals surface area contributed by atoms with Crippen molar-refractivity contribution in [1.82, 2.24) is 0 Å². The molecule has 0 aliphatic heterocycles. The van der Waals surface area contributed by atoms with Gasteiger partial charge in [-0.3, -0.25) is 5.73 Å². The lowest BCUT2D eigenvalue weighted by molar-refractivity contribution is -0.656. The molecular weight excluding hydrogens is 114 g/mol. The van der Waals surface area contributed by atoms with Gasteiger partial charge >= 0.3 is 0 Å². The molecule has 0 unspecified atom stereocenters. The molecule has 0 fully saturated rings. The SMILES string of the molecule is C[n+]1cc(N)ccc1N. The maximum Gasteiger partial charge on any atom is 0.272 e. The standard InChI is InChI=1S/C6H9N3/c1-9-4-5(7)2-3-6(9)8/h2-4,8H,7H2,1H3/p+1. The molecule has 1 aromatic heterocycles. The maximum atomic E-state index is 5.50. The van der Waals surface area contributed by atoms with Gasteiger partial charge in [0.2, 0.25) is 0 Å². The van der Waals surface area contributed by atoms with Crippen LogP contribution in [-0.4, -0.2) is 0 Å². The molecule has 0 radical (unpaired) electrons. The molecule has 4 N–H and O–H groups in total.